The van der Waals surface area contributed by atoms with E-state index in [0.717, 1.165) is 42.6 Å². The molecule has 3 aromatic rings. The minimum absolute atomic E-state index is 0.178. The monoisotopic (exact) mass is 455 g/mol. The molecule has 2 N–H and O–H groups in total. The second-order valence-corrected chi connectivity index (χ2v) is 7.67. The zero-order chi connectivity index (χ0) is 23.5. The van der Waals surface area contributed by atoms with Gasteiger partial charge in [-0.15, -0.1) is 0 Å². The van der Waals surface area contributed by atoms with Crippen molar-refractivity contribution < 1.29 is 18.7 Å². The van der Waals surface area contributed by atoms with Gasteiger partial charge in [-0.25, -0.2) is 14.2 Å². The number of carbonyl (C=O) groups is 1. The van der Waals surface area contributed by atoms with Crippen molar-refractivity contribution in [2.24, 2.45) is 0 Å². The summed E-state index contributed by atoms with van der Waals surface area (Å²) in [6.07, 6.45) is 5.30. The maximum absolute atomic E-state index is 13.1. The number of hydrogen-bond donors (Lipinski definition) is 2. The van der Waals surface area contributed by atoms with Gasteiger partial charge < -0.3 is 19.7 Å². The SMILES string of the molecule is COCCOc1ccc(NC(=O)N(C)CCCCCc2cc(-c3ccc(F)cc3)n[nH]2)cn1. The van der Waals surface area contributed by atoms with E-state index in [0.29, 0.717) is 31.3 Å². The Morgan fingerprint density at radius 3 is 2.67 bits per heavy atom. The molecule has 0 saturated heterocycles. The minimum atomic E-state index is -0.258. The topological polar surface area (TPSA) is 92.4 Å². The van der Waals surface area contributed by atoms with E-state index in [9.17, 15) is 9.18 Å². The highest BCUT2D eigenvalue weighted by atomic mass is 19.1. The standard InChI is InChI=1S/C24H30FN5O3/c1-30(24(31)27-21-11-12-23(26-17-21)33-15-14-32-2)13-5-3-4-6-20-16-22(29-28-20)18-7-9-19(25)10-8-18/h7-12,16-17H,3-6,13-15H2,1-2H3,(H,27,31)(H,28,29). The first-order valence-electron chi connectivity index (χ1n) is 11.0. The molecule has 0 saturated carbocycles. The molecule has 0 atom stereocenters. The summed E-state index contributed by atoms with van der Waals surface area (Å²) in [5, 5.41) is 10.2. The fourth-order valence-corrected chi connectivity index (χ4v) is 3.19. The lowest BCUT2D eigenvalue weighted by atomic mass is 10.1. The average Bonchev–Trinajstić information content (AvgIpc) is 3.29. The zero-order valence-corrected chi connectivity index (χ0v) is 19.0. The largest absolute Gasteiger partial charge is 0.475 e. The molecule has 2 aromatic heterocycles. The molecule has 0 unspecified atom stereocenters. The molecule has 8 nitrogen and oxygen atoms in total. The number of anilines is 1. The minimum Gasteiger partial charge on any atom is -0.475 e. The number of benzene rings is 1. The number of nitrogens with one attached hydrogen (secondary N) is 2. The number of aromatic amines is 1. The number of aromatic nitrogens is 3. The molecule has 0 spiro atoms. The number of amides is 2. The van der Waals surface area contributed by atoms with E-state index < -0.39 is 0 Å². The van der Waals surface area contributed by atoms with Crippen LogP contribution < -0.4 is 10.1 Å². The van der Waals surface area contributed by atoms with Crippen LogP contribution in [-0.2, 0) is 11.2 Å². The number of pyridine rings is 1. The number of nitrogens with zero attached hydrogens (tertiary/aromatic N) is 3. The predicted octanol–water partition coefficient (Wildman–Crippen LogP) is 4.51. The first-order valence-corrected chi connectivity index (χ1v) is 11.0. The van der Waals surface area contributed by atoms with E-state index in [1.165, 1.54) is 12.1 Å². The number of unbranched alkanes of at least 4 members (excludes halogenated alkanes) is 2. The molecule has 1 aromatic carbocycles. The average molecular weight is 456 g/mol. The molecular weight excluding hydrogens is 425 g/mol. The number of rotatable bonds is 12. The quantitative estimate of drug-likeness (QED) is 0.392. The number of aryl methyl sites for hydroxylation is 1. The fourth-order valence-electron chi connectivity index (χ4n) is 3.19. The lowest BCUT2D eigenvalue weighted by Gasteiger charge is -2.17. The van der Waals surface area contributed by atoms with Crippen molar-refractivity contribution in [2.75, 3.05) is 39.2 Å². The zero-order valence-electron chi connectivity index (χ0n) is 19.0. The number of methoxy groups -OCH3 is 1. The van der Waals surface area contributed by atoms with Crippen molar-refractivity contribution >= 4 is 11.7 Å². The van der Waals surface area contributed by atoms with Crippen molar-refractivity contribution in [3.05, 3.63) is 60.2 Å². The molecule has 9 heteroatoms. The molecule has 176 valence electrons. The number of halogens is 1. The van der Waals surface area contributed by atoms with Crippen LogP contribution in [0.4, 0.5) is 14.9 Å². The molecule has 3 rings (SSSR count). The third-order valence-corrected chi connectivity index (χ3v) is 5.08. The molecule has 0 aliphatic heterocycles. The third kappa shape index (κ3) is 7.87. The van der Waals surface area contributed by atoms with Crippen LogP contribution in [0.3, 0.4) is 0 Å². The molecule has 0 bridgehead atoms. The molecular formula is C24H30FN5O3. The Morgan fingerprint density at radius 2 is 1.94 bits per heavy atom. The normalized spacial score (nSPS) is 10.8. The summed E-state index contributed by atoms with van der Waals surface area (Å²) in [4.78, 5) is 18.2. The number of urea groups is 1. The summed E-state index contributed by atoms with van der Waals surface area (Å²) in [5.41, 5.74) is 3.35. The predicted molar refractivity (Wildman–Crippen MR) is 125 cm³/mol. The highest BCUT2D eigenvalue weighted by Gasteiger charge is 2.09. The second-order valence-electron chi connectivity index (χ2n) is 7.67. The summed E-state index contributed by atoms with van der Waals surface area (Å²) in [6.45, 7) is 1.57. The first-order chi connectivity index (χ1) is 16.0. The maximum Gasteiger partial charge on any atom is 0.321 e. The summed E-state index contributed by atoms with van der Waals surface area (Å²) in [7, 11) is 3.38. The third-order valence-electron chi connectivity index (χ3n) is 5.08. The van der Waals surface area contributed by atoms with Crippen LogP contribution in [0.25, 0.3) is 11.3 Å². The Hall–Kier alpha value is -3.46. The first kappa shape index (κ1) is 24.2. The van der Waals surface area contributed by atoms with Gasteiger partial charge in [0.25, 0.3) is 0 Å². The van der Waals surface area contributed by atoms with E-state index in [4.69, 9.17) is 9.47 Å². The van der Waals surface area contributed by atoms with Crippen molar-refractivity contribution in [1.82, 2.24) is 20.1 Å². The molecule has 0 aliphatic carbocycles. The van der Waals surface area contributed by atoms with Gasteiger partial charge >= 0.3 is 6.03 Å². The van der Waals surface area contributed by atoms with Gasteiger partial charge in [0.15, 0.2) is 0 Å². The van der Waals surface area contributed by atoms with Crippen LogP contribution in [-0.4, -0.2) is 60.0 Å². The highest BCUT2D eigenvalue weighted by Crippen LogP contribution is 2.19. The van der Waals surface area contributed by atoms with Crippen molar-refractivity contribution in [2.45, 2.75) is 25.7 Å². The smallest absolute Gasteiger partial charge is 0.321 e. The number of H-pyrrole nitrogens is 1. The van der Waals surface area contributed by atoms with E-state index in [1.54, 1.807) is 49.5 Å². The van der Waals surface area contributed by atoms with Crippen LogP contribution in [0.2, 0.25) is 0 Å². The van der Waals surface area contributed by atoms with Crippen LogP contribution in [0.15, 0.2) is 48.7 Å². The van der Waals surface area contributed by atoms with Gasteiger partial charge in [0.1, 0.15) is 12.4 Å². The van der Waals surface area contributed by atoms with Crippen LogP contribution in [0.1, 0.15) is 25.0 Å². The van der Waals surface area contributed by atoms with Gasteiger partial charge in [-0.3, -0.25) is 5.10 Å². The lowest BCUT2D eigenvalue weighted by molar-refractivity contribution is 0.144. The van der Waals surface area contributed by atoms with Gasteiger partial charge in [0, 0.05) is 38.0 Å². The van der Waals surface area contributed by atoms with E-state index in [2.05, 4.69) is 20.5 Å². The highest BCUT2D eigenvalue weighted by molar-refractivity contribution is 5.88. The summed E-state index contributed by atoms with van der Waals surface area (Å²) < 4.78 is 23.4. The van der Waals surface area contributed by atoms with Crippen molar-refractivity contribution in [1.29, 1.82) is 0 Å². The second kappa shape index (κ2) is 12.5. The Bertz CT molecular complexity index is 992. The molecule has 2 heterocycles. The van der Waals surface area contributed by atoms with E-state index in [-0.39, 0.29) is 11.8 Å². The molecule has 33 heavy (non-hydrogen) atoms. The van der Waals surface area contributed by atoms with Gasteiger partial charge in [0.05, 0.1) is 24.2 Å². The summed E-state index contributed by atoms with van der Waals surface area (Å²) in [6, 6.07) is 11.6. The van der Waals surface area contributed by atoms with Gasteiger partial charge in [-0.2, -0.15) is 5.10 Å². The molecule has 0 radical (unpaired) electrons. The Morgan fingerprint density at radius 1 is 1.12 bits per heavy atom. The van der Waals surface area contributed by atoms with Gasteiger partial charge in [0.2, 0.25) is 5.88 Å². The Labute approximate surface area is 193 Å². The van der Waals surface area contributed by atoms with Crippen LogP contribution in [0, 0.1) is 5.82 Å². The van der Waals surface area contributed by atoms with E-state index in [1.807, 2.05) is 6.07 Å². The fraction of sp³-hybridized carbons (Fsp3) is 0.375. The van der Waals surface area contributed by atoms with Gasteiger partial charge in [-0.05, 0) is 55.7 Å². The number of hydrogen-bond acceptors (Lipinski definition) is 5. The van der Waals surface area contributed by atoms with E-state index >= 15 is 0 Å². The maximum atomic E-state index is 13.1. The molecule has 0 aliphatic rings. The number of carbonyl (C=O) groups excluding carboxylic acids is 1. The molecule has 2 amide bonds. The summed E-state index contributed by atoms with van der Waals surface area (Å²) >= 11 is 0. The summed E-state index contributed by atoms with van der Waals surface area (Å²) in [5.74, 6) is 0.228. The Kier molecular flexibility index (Phi) is 9.19. The van der Waals surface area contributed by atoms with Crippen LogP contribution >= 0.6 is 0 Å². The molecule has 0 fully saturated rings. The van der Waals surface area contributed by atoms with Crippen molar-refractivity contribution in [3.63, 3.8) is 0 Å². The van der Waals surface area contributed by atoms with Crippen LogP contribution in [0.5, 0.6) is 5.88 Å². The Balaban J connectivity index is 1.33. The van der Waals surface area contributed by atoms with Gasteiger partial charge in [-0.1, -0.05) is 6.42 Å². The lowest BCUT2D eigenvalue weighted by Crippen LogP contribution is -2.32. The van der Waals surface area contributed by atoms with Crippen molar-refractivity contribution in [3.8, 4) is 17.1 Å². The number of ether oxygens (including phenoxy) is 2.